The van der Waals surface area contributed by atoms with Crippen LogP contribution in [-0.2, 0) is 14.6 Å². The zero-order valence-corrected chi connectivity index (χ0v) is 17.7. The summed E-state index contributed by atoms with van der Waals surface area (Å²) in [7, 11) is -2.97. The highest BCUT2D eigenvalue weighted by molar-refractivity contribution is 8.00. The number of rotatable bonds is 6. The molecule has 0 bridgehead atoms. The second kappa shape index (κ2) is 9.82. The Balaban J connectivity index is 1.83. The molecule has 2 aliphatic rings. The normalized spacial score (nSPS) is 26.2. The zero-order valence-electron chi connectivity index (χ0n) is 16.0. The molecule has 2 aliphatic heterocycles. The molecule has 150 valence electrons. The smallest absolute Gasteiger partial charge is 0.222 e. The van der Waals surface area contributed by atoms with Gasteiger partial charge in [0.15, 0.2) is 15.8 Å². The Morgan fingerprint density at radius 1 is 1.38 bits per heavy atom. The van der Waals surface area contributed by atoms with E-state index in [1.165, 1.54) is 0 Å². The van der Waals surface area contributed by atoms with E-state index >= 15 is 0 Å². The number of nitrogens with one attached hydrogen (secondary N) is 2. The van der Waals surface area contributed by atoms with Crippen LogP contribution in [0.2, 0.25) is 0 Å². The second-order valence-electron chi connectivity index (χ2n) is 7.25. The van der Waals surface area contributed by atoms with Gasteiger partial charge in [-0.25, -0.2) is 8.42 Å². The minimum absolute atomic E-state index is 0.0622. The lowest BCUT2D eigenvalue weighted by Crippen LogP contribution is -2.49. The van der Waals surface area contributed by atoms with Gasteiger partial charge in [0.25, 0.3) is 0 Å². The monoisotopic (exact) mass is 404 g/mol. The van der Waals surface area contributed by atoms with Crippen molar-refractivity contribution in [3.8, 4) is 0 Å². The van der Waals surface area contributed by atoms with E-state index in [1.807, 2.05) is 18.7 Å². The van der Waals surface area contributed by atoms with Crippen LogP contribution in [0.5, 0.6) is 0 Å². The maximum absolute atomic E-state index is 12.1. The van der Waals surface area contributed by atoms with Crippen LogP contribution in [0.15, 0.2) is 4.99 Å². The molecule has 2 unspecified atom stereocenters. The molecule has 9 heteroatoms. The third-order valence-electron chi connectivity index (χ3n) is 4.67. The number of carbonyl (C=O) groups excluding carboxylic acids is 1. The molecular formula is C17H32N4O3S2. The van der Waals surface area contributed by atoms with Crippen molar-refractivity contribution in [2.24, 2.45) is 10.9 Å². The maximum atomic E-state index is 12.1. The minimum atomic E-state index is -2.97. The fraction of sp³-hybridized carbons (Fsp3) is 0.882. The topological polar surface area (TPSA) is 90.9 Å². The van der Waals surface area contributed by atoms with Crippen LogP contribution in [0.3, 0.4) is 0 Å². The molecule has 0 aromatic rings. The van der Waals surface area contributed by atoms with Gasteiger partial charge in [-0.15, -0.1) is 0 Å². The number of hydrogen-bond donors (Lipinski definition) is 2. The van der Waals surface area contributed by atoms with E-state index in [1.54, 1.807) is 0 Å². The van der Waals surface area contributed by atoms with Crippen molar-refractivity contribution >= 4 is 33.5 Å². The summed E-state index contributed by atoms with van der Waals surface area (Å²) in [6.07, 6.45) is 0.795. The van der Waals surface area contributed by atoms with Crippen molar-refractivity contribution in [1.82, 2.24) is 15.5 Å². The third kappa shape index (κ3) is 6.64. The van der Waals surface area contributed by atoms with Gasteiger partial charge in [0.05, 0.1) is 18.1 Å². The van der Waals surface area contributed by atoms with Crippen molar-refractivity contribution in [2.45, 2.75) is 44.9 Å². The van der Waals surface area contributed by atoms with E-state index in [9.17, 15) is 13.2 Å². The molecule has 26 heavy (non-hydrogen) atoms. The third-order valence-corrected chi connectivity index (χ3v) is 7.98. The molecule has 7 nitrogen and oxygen atoms in total. The Kier molecular flexibility index (Phi) is 8.06. The van der Waals surface area contributed by atoms with E-state index in [0.29, 0.717) is 24.1 Å². The van der Waals surface area contributed by atoms with E-state index in [-0.39, 0.29) is 29.9 Å². The van der Waals surface area contributed by atoms with Crippen LogP contribution in [0.25, 0.3) is 0 Å². The average molecular weight is 405 g/mol. The summed E-state index contributed by atoms with van der Waals surface area (Å²) >= 11 is 2.02. The van der Waals surface area contributed by atoms with Crippen LogP contribution >= 0.6 is 11.8 Å². The van der Waals surface area contributed by atoms with Crippen LogP contribution in [-0.4, -0.2) is 79.9 Å². The number of sulfone groups is 1. The Morgan fingerprint density at radius 2 is 2.15 bits per heavy atom. The van der Waals surface area contributed by atoms with Gasteiger partial charge in [-0.2, -0.15) is 11.8 Å². The Morgan fingerprint density at radius 3 is 2.77 bits per heavy atom. The number of aliphatic imine (C=N–C) groups is 1. The predicted octanol–water partition coefficient (Wildman–Crippen LogP) is 0.719. The van der Waals surface area contributed by atoms with E-state index in [2.05, 4.69) is 34.4 Å². The van der Waals surface area contributed by atoms with Crippen molar-refractivity contribution in [1.29, 1.82) is 0 Å². The summed E-state index contributed by atoms with van der Waals surface area (Å²) in [5, 5.41) is 6.74. The minimum Gasteiger partial charge on any atom is -0.357 e. The van der Waals surface area contributed by atoms with Crippen LogP contribution in [0, 0.1) is 5.92 Å². The fourth-order valence-corrected chi connectivity index (χ4v) is 6.14. The van der Waals surface area contributed by atoms with Crippen LogP contribution in [0.4, 0.5) is 0 Å². The molecule has 0 aromatic heterocycles. The molecule has 2 saturated heterocycles. The van der Waals surface area contributed by atoms with Crippen molar-refractivity contribution in [3.63, 3.8) is 0 Å². The highest BCUT2D eigenvalue weighted by Crippen LogP contribution is 2.24. The number of thioether (sulfide) groups is 1. The molecule has 0 aliphatic carbocycles. The lowest BCUT2D eigenvalue weighted by Gasteiger charge is -2.36. The number of guanidine groups is 1. The summed E-state index contributed by atoms with van der Waals surface area (Å²) < 4.78 is 22.9. The predicted molar refractivity (Wildman–Crippen MR) is 108 cm³/mol. The number of hydrogen-bond acceptors (Lipinski definition) is 5. The molecule has 2 heterocycles. The number of nitrogens with zero attached hydrogens (tertiary/aromatic N) is 2. The van der Waals surface area contributed by atoms with Gasteiger partial charge in [0.1, 0.15) is 0 Å². The summed E-state index contributed by atoms with van der Waals surface area (Å²) in [5.41, 5.74) is 0. The van der Waals surface area contributed by atoms with Gasteiger partial charge in [0.2, 0.25) is 5.91 Å². The first-order valence-electron chi connectivity index (χ1n) is 9.45. The van der Waals surface area contributed by atoms with Gasteiger partial charge >= 0.3 is 0 Å². The average Bonchev–Trinajstić information content (AvgIpc) is 2.92. The largest absolute Gasteiger partial charge is 0.357 e. The highest BCUT2D eigenvalue weighted by atomic mass is 32.2. The fourth-order valence-electron chi connectivity index (χ4n) is 3.17. The quantitative estimate of drug-likeness (QED) is 0.501. The molecular weight excluding hydrogens is 372 g/mol. The van der Waals surface area contributed by atoms with Crippen molar-refractivity contribution in [2.75, 3.05) is 43.4 Å². The van der Waals surface area contributed by atoms with Crippen molar-refractivity contribution < 1.29 is 13.2 Å². The molecule has 2 atom stereocenters. The van der Waals surface area contributed by atoms with Crippen LogP contribution < -0.4 is 10.6 Å². The van der Waals surface area contributed by atoms with Gasteiger partial charge in [0, 0.05) is 43.1 Å². The zero-order chi connectivity index (χ0) is 19.2. The molecule has 2 N–H and O–H groups in total. The highest BCUT2D eigenvalue weighted by Gasteiger charge is 2.29. The SMILES string of the molecule is CCNC(=NCCC(=O)NC1CCS(=O)(=O)C1)N1CCSC(C(C)C)C1. The van der Waals surface area contributed by atoms with Gasteiger partial charge in [-0.1, -0.05) is 13.8 Å². The molecule has 1 amide bonds. The lowest BCUT2D eigenvalue weighted by molar-refractivity contribution is -0.121. The molecule has 0 saturated carbocycles. The van der Waals surface area contributed by atoms with E-state index in [0.717, 1.165) is 31.3 Å². The van der Waals surface area contributed by atoms with Crippen LogP contribution in [0.1, 0.15) is 33.6 Å². The van der Waals surface area contributed by atoms with Crippen molar-refractivity contribution in [3.05, 3.63) is 0 Å². The molecule has 2 rings (SSSR count). The number of amides is 1. The molecule has 0 radical (unpaired) electrons. The Hall–Kier alpha value is -0.960. The van der Waals surface area contributed by atoms with Gasteiger partial charge in [-0.05, 0) is 19.3 Å². The Labute approximate surface area is 161 Å². The second-order valence-corrected chi connectivity index (χ2v) is 10.8. The summed E-state index contributed by atoms with van der Waals surface area (Å²) in [5.74, 6) is 2.69. The maximum Gasteiger partial charge on any atom is 0.222 e. The molecule has 0 aromatic carbocycles. The van der Waals surface area contributed by atoms with Gasteiger partial charge in [-0.3, -0.25) is 9.79 Å². The summed E-state index contributed by atoms with van der Waals surface area (Å²) in [4.78, 5) is 19.0. The van der Waals surface area contributed by atoms with E-state index < -0.39 is 9.84 Å². The summed E-state index contributed by atoms with van der Waals surface area (Å²) in [6, 6.07) is -0.240. The van der Waals surface area contributed by atoms with Gasteiger partial charge < -0.3 is 15.5 Å². The number of carbonyl (C=O) groups is 1. The first-order chi connectivity index (χ1) is 12.3. The molecule has 2 fully saturated rings. The summed E-state index contributed by atoms with van der Waals surface area (Å²) in [6.45, 7) is 9.68. The standard InChI is InChI=1S/C17H32N4O3S2/c1-4-18-17(21-8-9-25-15(11-21)13(2)3)19-7-5-16(22)20-14-6-10-26(23,24)12-14/h13-15H,4-12H2,1-3H3,(H,18,19)(H,20,22). The van der Waals surface area contributed by atoms with E-state index in [4.69, 9.17) is 0 Å². The first kappa shape index (κ1) is 21.3. The molecule has 0 spiro atoms. The first-order valence-corrected chi connectivity index (χ1v) is 12.3. The Bertz CT molecular complexity index is 607. The lowest BCUT2D eigenvalue weighted by atomic mass is 10.1.